The van der Waals surface area contributed by atoms with Gasteiger partial charge in [0, 0.05) is 5.56 Å². The summed E-state index contributed by atoms with van der Waals surface area (Å²) in [5, 5.41) is 27.4. The number of rotatable bonds is 3. The molecular formula is C12H13NO3. The molecule has 4 heteroatoms. The highest BCUT2D eigenvalue weighted by Gasteiger charge is 2.20. The van der Waals surface area contributed by atoms with E-state index in [0.29, 0.717) is 11.1 Å². The van der Waals surface area contributed by atoms with Gasteiger partial charge in [-0.1, -0.05) is 12.1 Å². The van der Waals surface area contributed by atoms with E-state index in [1.165, 1.54) is 13.0 Å². The van der Waals surface area contributed by atoms with Crippen molar-refractivity contribution in [2.45, 2.75) is 26.1 Å². The number of aliphatic hydroxyl groups is 2. The Morgan fingerprint density at radius 1 is 1.44 bits per heavy atom. The van der Waals surface area contributed by atoms with Crippen LogP contribution in [0.15, 0.2) is 18.2 Å². The molecule has 0 aliphatic carbocycles. The van der Waals surface area contributed by atoms with E-state index < -0.39 is 12.2 Å². The van der Waals surface area contributed by atoms with Gasteiger partial charge in [-0.15, -0.1) is 0 Å². The molecule has 0 aliphatic heterocycles. The number of aryl methyl sites for hydroxylation is 1. The monoisotopic (exact) mass is 219 g/mol. The average Bonchev–Trinajstić information content (AvgIpc) is 2.27. The Morgan fingerprint density at radius 2 is 2.06 bits per heavy atom. The summed E-state index contributed by atoms with van der Waals surface area (Å²) in [6.07, 6.45) is -2.77. The van der Waals surface area contributed by atoms with Gasteiger partial charge in [0.15, 0.2) is 11.9 Å². The van der Waals surface area contributed by atoms with Crippen molar-refractivity contribution in [3.63, 3.8) is 0 Å². The van der Waals surface area contributed by atoms with Crippen molar-refractivity contribution in [3.05, 3.63) is 34.9 Å². The van der Waals surface area contributed by atoms with Gasteiger partial charge >= 0.3 is 0 Å². The molecule has 2 N–H and O–H groups in total. The Hall–Kier alpha value is -1.70. The van der Waals surface area contributed by atoms with E-state index in [9.17, 15) is 15.0 Å². The summed E-state index contributed by atoms with van der Waals surface area (Å²) < 4.78 is 0. The molecule has 0 spiro atoms. The maximum Gasteiger partial charge on any atom is 0.170 e. The van der Waals surface area contributed by atoms with Gasteiger partial charge in [-0.05, 0) is 31.0 Å². The molecule has 0 saturated carbocycles. The molecule has 4 nitrogen and oxygen atoms in total. The van der Waals surface area contributed by atoms with Crippen LogP contribution in [0.4, 0.5) is 0 Å². The van der Waals surface area contributed by atoms with Crippen LogP contribution in [0.2, 0.25) is 0 Å². The Kier molecular flexibility index (Phi) is 3.78. The summed E-state index contributed by atoms with van der Waals surface area (Å²) >= 11 is 0. The molecule has 2 atom stereocenters. The third-order valence-corrected chi connectivity index (χ3v) is 2.44. The highest BCUT2D eigenvalue weighted by molar-refractivity contribution is 5.94. The number of benzene rings is 1. The zero-order valence-corrected chi connectivity index (χ0v) is 9.14. The fourth-order valence-electron chi connectivity index (χ4n) is 1.42. The second kappa shape index (κ2) is 4.88. The lowest BCUT2D eigenvalue weighted by Gasteiger charge is -2.15. The first-order valence-corrected chi connectivity index (χ1v) is 4.84. The van der Waals surface area contributed by atoms with Crippen LogP contribution in [0.5, 0.6) is 0 Å². The first kappa shape index (κ1) is 12.4. The van der Waals surface area contributed by atoms with Gasteiger partial charge in [-0.2, -0.15) is 5.26 Å². The molecule has 2 unspecified atom stereocenters. The van der Waals surface area contributed by atoms with Crippen molar-refractivity contribution in [1.29, 1.82) is 5.26 Å². The van der Waals surface area contributed by atoms with E-state index in [1.54, 1.807) is 25.1 Å². The molecule has 1 rings (SSSR count). The summed E-state index contributed by atoms with van der Waals surface area (Å²) in [6.45, 7) is 3.16. The Morgan fingerprint density at radius 3 is 2.56 bits per heavy atom. The summed E-state index contributed by atoms with van der Waals surface area (Å²) in [7, 11) is 0. The molecule has 0 heterocycles. The quantitative estimate of drug-likeness (QED) is 0.589. The van der Waals surface area contributed by atoms with Crippen molar-refractivity contribution in [3.8, 4) is 6.07 Å². The number of Topliss-reactive ketones (excluding diaryl/α,β-unsaturated/α-hetero) is 1. The lowest BCUT2D eigenvalue weighted by molar-refractivity contribution is 0.0523. The van der Waals surface area contributed by atoms with Crippen molar-refractivity contribution in [1.82, 2.24) is 0 Å². The fraction of sp³-hybridized carbons (Fsp3) is 0.333. The number of ketones is 1. The van der Waals surface area contributed by atoms with Gasteiger partial charge in [0.25, 0.3) is 0 Å². The first-order chi connectivity index (χ1) is 7.47. The molecule has 0 radical (unpaired) electrons. The van der Waals surface area contributed by atoms with Gasteiger partial charge < -0.3 is 10.2 Å². The van der Waals surface area contributed by atoms with E-state index in [1.807, 2.05) is 0 Å². The zero-order valence-electron chi connectivity index (χ0n) is 9.14. The molecule has 1 aromatic rings. The minimum Gasteiger partial charge on any atom is -0.385 e. The van der Waals surface area contributed by atoms with Crippen LogP contribution >= 0.6 is 0 Å². The number of nitrogens with zero attached hydrogens (tertiary/aromatic N) is 1. The van der Waals surface area contributed by atoms with Gasteiger partial charge in [-0.3, -0.25) is 4.79 Å². The third kappa shape index (κ3) is 2.45. The Bertz CT molecular complexity index is 448. The van der Waals surface area contributed by atoms with Crippen molar-refractivity contribution >= 4 is 5.78 Å². The topological polar surface area (TPSA) is 81.3 Å². The summed E-state index contributed by atoms with van der Waals surface area (Å²) in [5.41, 5.74) is 1.58. The molecule has 1 aromatic carbocycles. The normalized spacial score (nSPS) is 13.9. The molecule has 0 amide bonds. The molecule has 0 aromatic heterocycles. The van der Waals surface area contributed by atoms with Crippen LogP contribution in [0.3, 0.4) is 0 Å². The van der Waals surface area contributed by atoms with E-state index >= 15 is 0 Å². The van der Waals surface area contributed by atoms with Gasteiger partial charge in [0.1, 0.15) is 6.10 Å². The fourth-order valence-corrected chi connectivity index (χ4v) is 1.42. The predicted octanol–water partition coefficient (Wildman–Crippen LogP) is 1.12. The lowest BCUT2D eigenvalue weighted by atomic mass is 9.96. The summed E-state index contributed by atoms with van der Waals surface area (Å²) in [4.78, 5) is 11.2. The van der Waals surface area contributed by atoms with Crippen LogP contribution < -0.4 is 0 Å². The molecule has 16 heavy (non-hydrogen) atoms. The van der Waals surface area contributed by atoms with E-state index in [4.69, 9.17) is 5.26 Å². The van der Waals surface area contributed by atoms with E-state index in [-0.39, 0.29) is 5.78 Å². The smallest absolute Gasteiger partial charge is 0.170 e. The van der Waals surface area contributed by atoms with Crippen molar-refractivity contribution in [2.75, 3.05) is 0 Å². The second-order valence-electron chi connectivity index (χ2n) is 3.65. The minimum atomic E-state index is -1.49. The lowest BCUT2D eigenvalue weighted by Crippen LogP contribution is -2.17. The van der Waals surface area contributed by atoms with Crippen LogP contribution in [0, 0.1) is 18.3 Å². The predicted molar refractivity (Wildman–Crippen MR) is 57.8 cm³/mol. The molecule has 0 bridgehead atoms. The van der Waals surface area contributed by atoms with Crippen LogP contribution in [0.1, 0.15) is 34.5 Å². The standard InChI is InChI=1S/C12H13NO3/c1-7-3-4-9(8(2)14)5-10(7)12(16)11(15)6-13/h3-5,11-12,15-16H,1-2H3. The Balaban J connectivity index is 3.17. The highest BCUT2D eigenvalue weighted by atomic mass is 16.3. The Labute approximate surface area is 93.8 Å². The van der Waals surface area contributed by atoms with Crippen molar-refractivity contribution in [2.24, 2.45) is 0 Å². The maximum absolute atomic E-state index is 11.2. The largest absolute Gasteiger partial charge is 0.385 e. The minimum absolute atomic E-state index is 0.125. The SMILES string of the molecule is CC(=O)c1ccc(C)c(C(O)C(O)C#N)c1. The maximum atomic E-state index is 11.2. The van der Waals surface area contributed by atoms with Gasteiger partial charge in [-0.25, -0.2) is 0 Å². The first-order valence-electron chi connectivity index (χ1n) is 4.84. The summed E-state index contributed by atoms with van der Waals surface area (Å²) in [5.74, 6) is -0.125. The van der Waals surface area contributed by atoms with E-state index in [0.717, 1.165) is 5.56 Å². The number of hydrogen-bond acceptors (Lipinski definition) is 4. The molecule has 0 aliphatic rings. The number of hydrogen-bond donors (Lipinski definition) is 2. The van der Waals surface area contributed by atoms with Crippen LogP contribution in [-0.2, 0) is 0 Å². The second-order valence-corrected chi connectivity index (χ2v) is 3.65. The number of aliphatic hydroxyl groups excluding tert-OH is 2. The zero-order chi connectivity index (χ0) is 12.3. The van der Waals surface area contributed by atoms with Crippen LogP contribution in [-0.4, -0.2) is 22.1 Å². The van der Waals surface area contributed by atoms with Gasteiger partial charge in [0.05, 0.1) is 6.07 Å². The van der Waals surface area contributed by atoms with Crippen molar-refractivity contribution < 1.29 is 15.0 Å². The van der Waals surface area contributed by atoms with Crippen LogP contribution in [0.25, 0.3) is 0 Å². The molecule has 0 saturated heterocycles. The average molecular weight is 219 g/mol. The third-order valence-electron chi connectivity index (χ3n) is 2.44. The molecule has 84 valence electrons. The number of carbonyl (C=O) groups is 1. The van der Waals surface area contributed by atoms with E-state index in [2.05, 4.69) is 0 Å². The molecular weight excluding hydrogens is 206 g/mol. The highest BCUT2D eigenvalue weighted by Crippen LogP contribution is 2.22. The number of nitriles is 1. The van der Waals surface area contributed by atoms with Gasteiger partial charge in [0.2, 0.25) is 0 Å². The molecule has 0 fully saturated rings. The number of carbonyl (C=O) groups excluding carboxylic acids is 1. The summed E-state index contributed by atoms with van der Waals surface area (Å²) in [6, 6.07) is 6.39.